The highest BCUT2D eigenvalue weighted by molar-refractivity contribution is 5.81. The standard InChI is InChI=1S/C26H31NO5/c1-3-25(28)31-14-9-7-5-4-6-8-13-30-24-17-23-21(18-27-24)16-22(26(29)32-23)20-12-10-11-19(2)15-20/h10-12,15-18H,3-9,13-14H2,1-2H3. The van der Waals surface area contributed by atoms with Crippen molar-refractivity contribution >= 4 is 16.9 Å². The van der Waals surface area contributed by atoms with Crippen LogP contribution in [0, 0.1) is 6.92 Å². The number of rotatable bonds is 12. The Kier molecular flexibility index (Phi) is 8.84. The molecule has 0 aliphatic carbocycles. The quantitative estimate of drug-likeness (QED) is 0.262. The Morgan fingerprint density at radius 1 is 1.00 bits per heavy atom. The van der Waals surface area contributed by atoms with Crippen molar-refractivity contribution in [3.63, 3.8) is 0 Å². The van der Waals surface area contributed by atoms with E-state index in [9.17, 15) is 9.59 Å². The van der Waals surface area contributed by atoms with Gasteiger partial charge in [0.25, 0.3) is 0 Å². The van der Waals surface area contributed by atoms with Gasteiger partial charge in [-0.1, -0.05) is 62.4 Å². The van der Waals surface area contributed by atoms with E-state index in [1.165, 1.54) is 0 Å². The van der Waals surface area contributed by atoms with E-state index in [1.54, 1.807) is 19.2 Å². The third-order valence-corrected chi connectivity index (χ3v) is 5.26. The summed E-state index contributed by atoms with van der Waals surface area (Å²) >= 11 is 0. The number of aryl methyl sites for hydroxylation is 1. The number of ether oxygens (including phenoxy) is 2. The first-order valence-corrected chi connectivity index (χ1v) is 11.4. The number of unbranched alkanes of at least 4 members (excludes halogenated alkanes) is 5. The van der Waals surface area contributed by atoms with Crippen molar-refractivity contribution in [3.05, 3.63) is 58.6 Å². The van der Waals surface area contributed by atoms with Crippen molar-refractivity contribution in [2.75, 3.05) is 13.2 Å². The lowest BCUT2D eigenvalue weighted by molar-refractivity contribution is -0.143. The summed E-state index contributed by atoms with van der Waals surface area (Å²) in [7, 11) is 0. The molecule has 0 aliphatic heterocycles. The van der Waals surface area contributed by atoms with Gasteiger partial charge in [0, 0.05) is 24.1 Å². The van der Waals surface area contributed by atoms with Crippen molar-refractivity contribution in [1.29, 1.82) is 0 Å². The monoisotopic (exact) mass is 437 g/mol. The molecule has 170 valence electrons. The molecule has 0 fully saturated rings. The minimum atomic E-state index is -0.371. The Morgan fingerprint density at radius 2 is 1.75 bits per heavy atom. The number of fused-ring (bicyclic) bond motifs is 1. The number of benzene rings is 1. The van der Waals surface area contributed by atoms with Gasteiger partial charge in [0.1, 0.15) is 5.58 Å². The van der Waals surface area contributed by atoms with Crippen LogP contribution in [0.1, 0.15) is 57.4 Å². The van der Waals surface area contributed by atoms with E-state index in [0.717, 1.165) is 55.0 Å². The predicted molar refractivity (Wildman–Crippen MR) is 125 cm³/mol. The summed E-state index contributed by atoms with van der Waals surface area (Å²) in [5.74, 6) is 0.331. The summed E-state index contributed by atoms with van der Waals surface area (Å²) in [6.45, 7) is 4.88. The fourth-order valence-electron chi connectivity index (χ4n) is 3.46. The van der Waals surface area contributed by atoms with Crippen molar-refractivity contribution in [2.45, 2.75) is 58.8 Å². The minimum absolute atomic E-state index is 0.129. The number of pyridine rings is 1. The van der Waals surface area contributed by atoms with Gasteiger partial charge in [-0.2, -0.15) is 0 Å². The van der Waals surface area contributed by atoms with Crippen LogP contribution in [0.2, 0.25) is 0 Å². The van der Waals surface area contributed by atoms with Crippen LogP contribution in [0.25, 0.3) is 22.1 Å². The molecule has 6 nitrogen and oxygen atoms in total. The summed E-state index contributed by atoms with van der Waals surface area (Å²) < 4.78 is 16.3. The highest BCUT2D eigenvalue weighted by Gasteiger charge is 2.09. The second-order valence-corrected chi connectivity index (χ2v) is 7.92. The molecule has 0 spiro atoms. The third kappa shape index (κ3) is 6.94. The van der Waals surface area contributed by atoms with Gasteiger partial charge in [0.2, 0.25) is 5.88 Å². The molecule has 0 radical (unpaired) electrons. The summed E-state index contributed by atoms with van der Waals surface area (Å²) in [5.41, 5.74) is 2.55. The van der Waals surface area contributed by atoms with Gasteiger partial charge in [-0.25, -0.2) is 9.78 Å². The van der Waals surface area contributed by atoms with Gasteiger partial charge < -0.3 is 13.9 Å². The Bertz CT molecular complexity index is 1090. The van der Waals surface area contributed by atoms with Crippen LogP contribution < -0.4 is 10.4 Å². The molecule has 32 heavy (non-hydrogen) atoms. The topological polar surface area (TPSA) is 78.6 Å². The largest absolute Gasteiger partial charge is 0.478 e. The number of esters is 1. The second-order valence-electron chi connectivity index (χ2n) is 7.92. The van der Waals surface area contributed by atoms with Gasteiger partial charge in [0.05, 0.1) is 18.8 Å². The lowest BCUT2D eigenvalue weighted by atomic mass is 10.0. The Morgan fingerprint density at radius 3 is 2.50 bits per heavy atom. The van der Waals surface area contributed by atoms with Crippen molar-refractivity contribution in [3.8, 4) is 17.0 Å². The molecule has 0 amide bonds. The average molecular weight is 438 g/mol. The van der Waals surface area contributed by atoms with E-state index in [0.29, 0.717) is 36.7 Å². The van der Waals surface area contributed by atoms with Crippen molar-refractivity contribution in [2.24, 2.45) is 0 Å². The van der Waals surface area contributed by atoms with Crippen molar-refractivity contribution in [1.82, 2.24) is 4.98 Å². The molecule has 3 rings (SSSR count). The molecule has 3 aromatic rings. The van der Waals surface area contributed by atoms with E-state index < -0.39 is 0 Å². The molecule has 6 heteroatoms. The lowest BCUT2D eigenvalue weighted by Gasteiger charge is -2.07. The van der Waals surface area contributed by atoms with Gasteiger partial charge in [-0.3, -0.25) is 4.79 Å². The van der Waals surface area contributed by atoms with Crippen LogP contribution in [-0.4, -0.2) is 24.2 Å². The van der Waals surface area contributed by atoms with Crippen LogP contribution >= 0.6 is 0 Å². The summed E-state index contributed by atoms with van der Waals surface area (Å²) in [6, 6.07) is 11.3. The summed E-state index contributed by atoms with van der Waals surface area (Å²) in [4.78, 5) is 27.9. The first kappa shape index (κ1) is 23.5. The van der Waals surface area contributed by atoms with Gasteiger partial charge >= 0.3 is 11.6 Å². The predicted octanol–water partition coefficient (Wildman–Crippen LogP) is 5.84. The lowest BCUT2D eigenvalue weighted by Crippen LogP contribution is -2.04. The van der Waals surface area contributed by atoms with E-state index in [2.05, 4.69) is 4.98 Å². The Balaban J connectivity index is 1.43. The zero-order valence-corrected chi connectivity index (χ0v) is 18.9. The maximum absolute atomic E-state index is 12.5. The number of hydrogen-bond donors (Lipinski definition) is 0. The molecule has 2 heterocycles. The van der Waals surface area contributed by atoms with Crippen LogP contribution in [0.4, 0.5) is 0 Å². The molecule has 0 N–H and O–H groups in total. The fraction of sp³-hybridized carbons (Fsp3) is 0.423. The molecule has 0 bridgehead atoms. The third-order valence-electron chi connectivity index (χ3n) is 5.26. The average Bonchev–Trinajstić information content (AvgIpc) is 2.79. The normalized spacial score (nSPS) is 10.9. The first-order chi connectivity index (χ1) is 15.6. The molecule has 2 aromatic heterocycles. The molecular weight excluding hydrogens is 406 g/mol. The first-order valence-electron chi connectivity index (χ1n) is 11.4. The van der Waals surface area contributed by atoms with Crippen LogP contribution in [-0.2, 0) is 9.53 Å². The Labute approximate surface area is 188 Å². The smallest absolute Gasteiger partial charge is 0.344 e. The molecule has 0 aliphatic rings. The van der Waals surface area contributed by atoms with Gasteiger partial charge in [0.15, 0.2) is 0 Å². The molecule has 0 unspecified atom stereocenters. The van der Waals surface area contributed by atoms with E-state index in [-0.39, 0.29) is 11.6 Å². The van der Waals surface area contributed by atoms with E-state index in [4.69, 9.17) is 13.9 Å². The summed E-state index contributed by atoms with van der Waals surface area (Å²) in [6.07, 6.45) is 8.33. The van der Waals surface area contributed by atoms with E-state index in [1.807, 2.05) is 37.3 Å². The van der Waals surface area contributed by atoms with Gasteiger partial charge in [-0.05, 0) is 31.4 Å². The molecule has 1 aromatic carbocycles. The number of hydrogen-bond acceptors (Lipinski definition) is 6. The number of nitrogens with zero attached hydrogens (tertiary/aromatic N) is 1. The fourth-order valence-corrected chi connectivity index (χ4v) is 3.46. The Hall–Kier alpha value is -3.15. The minimum Gasteiger partial charge on any atom is -0.478 e. The second kappa shape index (κ2) is 12.0. The zero-order chi connectivity index (χ0) is 22.8. The maximum atomic E-state index is 12.5. The molecular formula is C26H31NO5. The molecule has 0 atom stereocenters. The zero-order valence-electron chi connectivity index (χ0n) is 18.9. The number of carbonyl (C=O) groups excluding carboxylic acids is 1. The highest BCUT2D eigenvalue weighted by Crippen LogP contribution is 2.23. The molecule has 0 saturated heterocycles. The number of aromatic nitrogens is 1. The van der Waals surface area contributed by atoms with Crippen LogP contribution in [0.5, 0.6) is 5.88 Å². The number of carbonyl (C=O) groups is 1. The van der Waals surface area contributed by atoms with Gasteiger partial charge in [-0.15, -0.1) is 0 Å². The van der Waals surface area contributed by atoms with E-state index >= 15 is 0 Å². The van der Waals surface area contributed by atoms with Crippen LogP contribution in [0.3, 0.4) is 0 Å². The SMILES string of the molecule is CCC(=O)OCCCCCCCCOc1cc2oc(=O)c(-c3cccc(C)c3)cc2cn1. The van der Waals surface area contributed by atoms with Crippen molar-refractivity contribution < 1.29 is 18.7 Å². The molecule has 0 saturated carbocycles. The summed E-state index contributed by atoms with van der Waals surface area (Å²) in [5, 5.41) is 0.762. The highest BCUT2D eigenvalue weighted by atomic mass is 16.5. The maximum Gasteiger partial charge on any atom is 0.344 e. The van der Waals surface area contributed by atoms with Crippen LogP contribution in [0.15, 0.2) is 51.8 Å².